The maximum absolute atomic E-state index is 12.6. The predicted molar refractivity (Wildman–Crippen MR) is 75.7 cm³/mol. The molecule has 6 heteroatoms. The summed E-state index contributed by atoms with van der Waals surface area (Å²) in [5, 5.41) is 9.40. The van der Waals surface area contributed by atoms with Crippen molar-refractivity contribution in [3.63, 3.8) is 0 Å². The number of likely N-dealkylation sites (N-methyl/N-ethyl adjacent to an activating group) is 1. The second-order valence-electron chi connectivity index (χ2n) is 6.04. The van der Waals surface area contributed by atoms with Gasteiger partial charge in [0.05, 0.1) is 0 Å². The molecule has 2 amide bonds. The molecule has 0 spiro atoms. The number of likely N-dealkylation sites (tertiary alicyclic amines) is 1. The second-order valence-corrected chi connectivity index (χ2v) is 6.04. The standard InChI is InChI=1S/C14H25N3O3/c1-4-15-8-9-16(10-11(15)2)13(20)17-7-5-6-14(17,3)12(18)19/h11H,4-10H2,1-3H3,(H,18,19). The molecule has 2 fully saturated rings. The first-order valence-corrected chi connectivity index (χ1v) is 7.44. The predicted octanol–water partition coefficient (Wildman–Crippen LogP) is 1.07. The maximum Gasteiger partial charge on any atom is 0.329 e. The van der Waals surface area contributed by atoms with Crippen molar-refractivity contribution in [1.82, 2.24) is 14.7 Å². The first-order valence-electron chi connectivity index (χ1n) is 7.44. The van der Waals surface area contributed by atoms with Crippen LogP contribution in [0.5, 0.6) is 0 Å². The molecule has 2 atom stereocenters. The Labute approximate surface area is 120 Å². The van der Waals surface area contributed by atoms with Gasteiger partial charge >= 0.3 is 12.0 Å². The Balaban J connectivity index is 2.07. The van der Waals surface area contributed by atoms with Crippen molar-refractivity contribution in [2.45, 2.75) is 45.2 Å². The molecule has 0 aromatic heterocycles. The molecule has 0 saturated carbocycles. The summed E-state index contributed by atoms with van der Waals surface area (Å²) in [7, 11) is 0. The Morgan fingerprint density at radius 2 is 2.00 bits per heavy atom. The van der Waals surface area contributed by atoms with Crippen LogP contribution in [0.2, 0.25) is 0 Å². The lowest BCUT2D eigenvalue weighted by atomic mass is 9.99. The number of carboxylic acids is 1. The lowest BCUT2D eigenvalue weighted by molar-refractivity contribution is -0.147. The number of hydrogen-bond acceptors (Lipinski definition) is 3. The first-order chi connectivity index (χ1) is 9.40. The third kappa shape index (κ3) is 2.49. The van der Waals surface area contributed by atoms with Gasteiger partial charge in [-0.05, 0) is 33.2 Å². The van der Waals surface area contributed by atoms with E-state index in [-0.39, 0.29) is 6.03 Å². The highest BCUT2D eigenvalue weighted by molar-refractivity contribution is 5.86. The van der Waals surface area contributed by atoms with E-state index in [9.17, 15) is 14.7 Å². The minimum atomic E-state index is -1.04. The van der Waals surface area contributed by atoms with Gasteiger partial charge in [0.2, 0.25) is 0 Å². The lowest BCUT2D eigenvalue weighted by Gasteiger charge is -2.42. The third-order valence-corrected chi connectivity index (χ3v) is 4.77. The molecule has 114 valence electrons. The fourth-order valence-electron chi connectivity index (χ4n) is 3.30. The van der Waals surface area contributed by atoms with Gasteiger partial charge in [-0.25, -0.2) is 9.59 Å². The largest absolute Gasteiger partial charge is 0.480 e. The van der Waals surface area contributed by atoms with E-state index in [1.54, 1.807) is 11.8 Å². The molecule has 0 aromatic carbocycles. The summed E-state index contributed by atoms with van der Waals surface area (Å²) >= 11 is 0. The molecule has 2 saturated heterocycles. The van der Waals surface area contributed by atoms with Crippen LogP contribution in [0, 0.1) is 0 Å². The topological polar surface area (TPSA) is 64.1 Å². The SMILES string of the molecule is CCN1CCN(C(=O)N2CCCC2(C)C(=O)O)CC1C. The van der Waals surface area contributed by atoms with Gasteiger partial charge in [0, 0.05) is 32.2 Å². The number of nitrogens with zero attached hydrogens (tertiary/aromatic N) is 3. The van der Waals surface area contributed by atoms with E-state index in [4.69, 9.17) is 0 Å². The number of piperazine rings is 1. The fraction of sp³-hybridized carbons (Fsp3) is 0.857. The van der Waals surface area contributed by atoms with Gasteiger partial charge in [0.25, 0.3) is 0 Å². The Kier molecular flexibility index (Phi) is 4.22. The van der Waals surface area contributed by atoms with Crippen molar-refractivity contribution < 1.29 is 14.7 Å². The van der Waals surface area contributed by atoms with Crippen LogP contribution in [-0.2, 0) is 4.79 Å². The van der Waals surface area contributed by atoms with Gasteiger partial charge in [-0.2, -0.15) is 0 Å². The van der Waals surface area contributed by atoms with Crippen LogP contribution in [0.4, 0.5) is 4.79 Å². The zero-order valence-electron chi connectivity index (χ0n) is 12.6. The van der Waals surface area contributed by atoms with Crippen molar-refractivity contribution in [3.8, 4) is 0 Å². The quantitative estimate of drug-likeness (QED) is 0.823. The molecule has 2 aliphatic heterocycles. The fourth-order valence-corrected chi connectivity index (χ4v) is 3.30. The highest BCUT2D eigenvalue weighted by atomic mass is 16.4. The summed E-state index contributed by atoms with van der Waals surface area (Å²) in [4.78, 5) is 29.8. The number of urea groups is 1. The molecule has 0 aromatic rings. The normalized spacial score (nSPS) is 31.6. The Hall–Kier alpha value is -1.30. The Bertz CT molecular complexity index is 401. The molecule has 0 radical (unpaired) electrons. The van der Waals surface area contributed by atoms with Crippen LogP contribution in [-0.4, -0.2) is 76.1 Å². The van der Waals surface area contributed by atoms with Crippen LogP contribution in [0.1, 0.15) is 33.6 Å². The molecule has 2 aliphatic rings. The van der Waals surface area contributed by atoms with Crippen LogP contribution < -0.4 is 0 Å². The number of carboxylic acid groups (broad SMARTS) is 1. The summed E-state index contributed by atoms with van der Waals surface area (Å²) in [5.74, 6) is -0.899. The number of amides is 2. The monoisotopic (exact) mass is 283 g/mol. The van der Waals surface area contributed by atoms with E-state index < -0.39 is 11.5 Å². The average molecular weight is 283 g/mol. The van der Waals surface area contributed by atoms with E-state index in [0.717, 1.165) is 19.5 Å². The van der Waals surface area contributed by atoms with E-state index >= 15 is 0 Å². The summed E-state index contributed by atoms with van der Waals surface area (Å²) in [5.41, 5.74) is -1.04. The smallest absolute Gasteiger partial charge is 0.329 e. The molecular weight excluding hydrogens is 258 g/mol. The molecular formula is C14H25N3O3. The first kappa shape index (κ1) is 15.1. The Morgan fingerprint density at radius 1 is 1.30 bits per heavy atom. The van der Waals surface area contributed by atoms with E-state index in [1.165, 1.54) is 0 Å². The van der Waals surface area contributed by atoms with Crippen LogP contribution in [0.25, 0.3) is 0 Å². The lowest BCUT2D eigenvalue weighted by Crippen LogP contribution is -2.60. The van der Waals surface area contributed by atoms with Crippen molar-refractivity contribution in [1.29, 1.82) is 0 Å². The average Bonchev–Trinajstić information content (AvgIpc) is 2.81. The van der Waals surface area contributed by atoms with E-state index in [2.05, 4.69) is 18.7 Å². The van der Waals surface area contributed by atoms with Gasteiger partial charge in [0.15, 0.2) is 0 Å². The van der Waals surface area contributed by atoms with Crippen molar-refractivity contribution in [2.75, 3.05) is 32.7 Å². The molecule has 2 unspecified atom stereocenters. The van der Waals surface area contributed by atoms with E-state index in [0.29, 0.717) is 32.1 Å². The number of carbonyl (C=O) groups is 2. The number of hydrogen-bond donors (Lipinski definition) is 1. The van der Waals surface area contributed by atoms with Gasteiger partial charge in [0.1, 0.15) is 5.54 Å². The summed E-state index contributed by atoms with van der Waals surface area (Å²) in [6.07, 6.45) is 1.30. The number of aliphatic carboxylic acids is 1. The van der Waals surface area contributed by atoms with E-state index in [1.807, 2.05) is 4.90 Å². The highest BCUT2D eigenvalue weighted by Gasteiger charge is 2.47. The van der Waals surface area contributed by atoms with Crippen molar-refractivity contribution >= 4 is 12.0 Å². The molecule has 0 aliphatic carbocycles. The molecule has 20 heavy (non-hydrogen) atoms. The maximum atomic E-state index is 12.6. The van der Waals surface area contributed by atoms with Gasteiger partial charge < -0.3 is 14.9 Å². The zero-order chi connectivity index (χ0) is 14.9. The highest BCUT2D eigenvalue weighted by Crippen LogP contribution is 2.30. The summed E-state index contributed by atoms with van der Waals surface area (Å²) in [6, 6.07) is 0.214. The second kappa shape index (κ2) is 5.60. The number of carbonyl (C=O) groups excluding carboxylic acids is 1. The summed E-state index contributed by atoms with van der Waals surface area (Å²) < 4.78 is 0. The zero-order valence-corrected chi connectivity index (χ0v) is 12.6. The molecule has 2 rings (SSSR count). The summed E-state index contributed by atoms with van der Waals surface area (Å²) in [6.45, 7) is 9.65. The van der Waals surface area contributed by atoms with Gasteiger partial charge in [-0.1, -0.05) is 6.92 Å². The van der Waals surface area contributed by atoms with Crippen LogP contribution in [0.3, 0.4) is 0 Å². The Morgan fingerprint density at radius 3 is 2.55 bits per heavy atom. The molecule has 1 N–H and O–H groups in total. The van der Waals surface area contributed by atoms with Crippen LogP contribution >= 0.6 is 0 Å². The third-order valence-electron chi connectivity index (χ3n) is 4.77. The van der Waals surface area contributed by atoms with Gasteiger partial charge in [-0.15, -0.1) is 0 Å². The molecule has 0 bridgehead atoms. The number of rotatable bonds is 2. The van der Waals surface area contributed by atoms with Crippen molar-refractivity contribution in [2.24, 2.45) is 0 Å². The van der Waals surface area contributed by atoms with Gasteiger partial charge in [-0.3, -0.25) is 4.90 Å². The minimum Gasteiger partial charge on any atom is -0.480 e. The van der Waals surface area contributed by atoms with Crippen molar-refractivity contribution in [3.05, 3.63) is 0 Å². The minimum absolute atomic E-state index is 0.116. The molecule has 2 heterocycles. The molecule has 6 nitrogen and oxygen atoms in total. The van der Waals surface area contributed by atoms with Crippen LogP contribution in [0.15, 0.2) is 0 Å².